The van der Waals surface area contributed by atoms with Gasteiger partial charge in [0.25, 0.3) is 0 Å². The van der Waals surface area contributed by atoms with Crippen LogP contribution in [0.1, 0.15) is 17.4 Å². The molecule has 0 spiro atoms. The number of nitrogens with zero attached hydrogens (tertiary/aromatic N) is 3. The van der Waals surface area contributed by atoms with Gasteiger partial charge >= 0.3 is 5.97 Å². The van der Waals surface area contributed by atoms with E-state index in [-0.39, 0.29) is 23.6 Å². The second kappa shape index (κ2) is 6.02. The van der Waals surface area contributed by atoms with E-state index >= 15 is 0 Å². The molecule has 0 atom stereocenters. The monoisotopic (exact) mass is 319 g/mol. The molecule has 0 fully saturated rings. The molecule has 22 heavy (non-hydrogen) atoms. The third-order valence-electron chi connectivity index (χ3n) is 2.90. The molecule has 8 heteroatoms. The first-order chi connectivity index (χ1) is 10.7. The first-order valence-corrected chi connectivity index (χ1v) is 7.18. The van der Waals surface area contributed by atoms with E-state index in [1.807, 2.05) is 0 Å². The van der Waals surface area contributed by atoms with Crippen molar-refractivity contribution < 1.29 is 18.4 Å². The molecule has 0 N–H and O–H groups in total. The molecule has 0 aliphatic rings. The summed E-state index contributed by atoms with van der Waals surface area (Å²) < 4.78 is 27.6. The van der Waals surface area contributed by atoms with Gasteiger partial charge in [-0.2, -0.15) is 0 Å². The van der Waals surface area contributed by atoms with Gasteiger partial charge in [0.15, 0.2) is 5.69 Å². The standard InChI is InChI=1S/C14H10FN3O3S/c1-2-20-14(19)12-13(22-18-16-12)9-7-21-17-11(9)8-5-3-4-6-10(8)15/h3-7H,2H2,1H3. The minimum Gasteiger partial charge on any atom is -0.461 e. The Labute approximate surface area is 128 Å². The molecule has 6 nitrogen and oxygen atoms in total. The van der Waals surface area contributed by atoms with Crippen molar-refractivity contribution in [3.8, 4) is 21.7 Å². The largest absolute Gasteiger partial charge is 0.461 e. The zero-order valence-corrected chi connectivity index (χ0v) is 12.3. The SMILES string of the molecule is CCOC(=O)c1nnsc1-c1conc1-c1ccccc1F. The number of carbonyl (C=O) groups is 1. The fourth-order valence-electron chi connectivity index (χ4n) is 1.95. The Bertz CT molecular complexity index is 815. The van der Waals surface area contributed by atoms with Crippen LogP contribution < -0.4 is 0 Å². The third kappa shape index (κ3) is 2.48. The predicted molar refractivity (Wildman–Crippen MR) is 76.8 cm³/mol. The number of esters is 1. The second-order valence-corrected chi connectivity index (χ2v) is 4.98. The number of aromatic nitrogens is 3. The van der Waals surface area contributed by atoms with Gasteiger partial charge in [0.1, 0.15) is 17.8 Å². The molecule has 0 amide bonds. The minimum absolute atomic E-state index is 0.0626. The molecule has 2 aromatic heterocycles. The van der Waals surface area contributed by atoms with Gasteiger partial charge in [-0.15, -0.1) is 5.10 Å². The summed E-state index contributed by atoms with van der Waals surface area (Å²) in [6, 6.07) is 6.17. The number of ether oxygens (including phenoxy) is 1. The van der Waals surface area contributed by atoms with Gasteiger partial charge in [-0.25, -0.2) is 9.18 Å². The summed E-state index contributed by atoms with van der Waals surface area (Å²) in [4.78, 5) is 12.3. The van der Waals surface area contributed by atoms with E-state index in [1.54, 1.807) is 25.1 Å². The van der Waals surface area contributed by atoms with E-state index < -0.39 is 11.8 Å². The quantitative estimate of drug-likeness (QED) is 0.687. The van der Waals surface area contributed by atoms with Gasteiger partial charge in [0.05, 0.1) is 17.0 Å². The van der Waals surface area contributed by atoms with Crippen LogP contribution in [0.4, 0.5) is 4.39 Å². The first-order valence-electron chi connectivity index (χ1n) is 6.41. The van der Waals surface area contributed by atoms with Crippen LogP contribution in [0.15, 0.2) is 35.1 Å². The molecule has 0 aliphatic carbocycles. The average molecular weight is 319 g/mol. The third-order valence-corrected chi connectivity index (χ3v) is 3.66. The topological polar surface area (TPSA) is 78.1 Å². The molecule has 0 radical (unpaired) electrons. The lowest BCUT2D eigenvalue weighted by molar-refractivity contribution is 0.0520. The Kier molecular flexibility index (Phi) is 3.92. The number of carbonyl (C=O) groups excluding carboxylic acids is 1. The lowest BCUT2D eigenvalue weighted by Gasteiger charge is -2.02. The molecular weight excluding hydrogens is 309 g/mol. The van der Waals surface area contributed by atoms with Crippen LogP contribution in [0.25, 0.3) is 21.7 Å². The maximum atomic E-state index is 14.0. The Morgan fingerprint density at radius 2 is 2.18 bits per heavy atom. The lowest BCUT2D eigenvalue weighted by atomic mass is 10.1. The summed E-state index contributed by atoms with van der Waals surface area (Å²) in [5.74, 6) is -1.03. The van der Waals surface area contributed by atoms with Crippen LogP contribution in [0.2, 0.25) is 0 Å². The molecule has 0 saturated carbocycles. The summed E-state index contributed by atoms with van der Waals surface area (Å²) >= 11 is 0.992. The number of hydrogen-bond acceptors (Lipinski definition) is 7. The van der Waals surface area contributed by atoms with E-state index in [9.17, 15) is 9.18 Å². The van der Waals surface area contributed by atoms with Gasteiger partial charge in [0.2, 0.25) is 0 Å². The number of halogens is 1. The number of benzene rings is 1. The highest BCUT2D eigenvalue weighted by Crippen LogP contribution is 2.35. The van der Waals surface area contributed by atoms with Gasteiger partial charge in [0, 0.05) is 5.56 Å². The normalized spacial score (nSPS) is 10.6. The molecule has 0 aliphatic heterocycles. The minimum atomic E-state index is -0.591. The van der Waals surface area contributed by atoms with E-state index in [0.29, 0.717) is 10.4 Å². The molecular formula is C14H10FN3O3S. The smallest absolute Gasteiger partial charge is 0.360 e. The van der Waals surface area contributed by atoms with Crippen LogP contribution in [0.3, 0.4) is 0 Å². The summed E-state index contributed by atoms with van der Waals surface area (Å²) in [5, 5.41) is 7.61. The zero-order valence-electron chi connectivity index (χ0n) is 11.4. The maximum Gasteiger partial charge on any atom is 0.360 e. The fraction of sp³-hybridized carbons (Fsp3) is 0.143. The van der Waals surface area contributed by atoms with E-state index in [1.165, 1.54) is 12.3 Å². The van der Waals surface area contributed by atoms with Gasteiger partial charge in [-0.05, 0) is 30.6 Å². The summed E-state index contributed by atoms with van der Waals surface area (Å²) in [5.41, 5.74) is 1.07. The number of rotatable bonds is 4. The van der Waals surface area contributed by atoms with E-state index in [2.05, 4.69) is 14.7 Å². The van der Waals surface area contributed by atoms with Crippen LogP contribution in [0.5, 0.6) is 0 Å². The van der Waals surface area contributed by atoms with Crippen molar-refractivity contribution in [1.29, 1.82) is 0 Å². The molecule has 1 aromatic carbocycles. The van der Waals surface area contributed by atoms with Crippen molar-refractivity contribution in [3.05, 3.63) is 42.0 Å². The Hall–Kier alpha value is -2.61. The molecule has 112 valence electrons. The van der Waals surface area contributed by atoms with Crippen molar-refractivity contribution in [2.75, 3.05) is 6.61 Å². The van der Waals surface area contributed by atoms with Crippen LogP contribution >= 0.6 is 11.5 Å². The van der Waals surface area contributed by atoms with Crippen molar-refractivity contribution >= 4 is 17.5 Å². The van der Waals surface area contributed by atoms with Crippen molar-refractivity contribution in [2.45, 2.75) is 6.92 Å². The summed E-state index contributed by atoms with van der Waals surface area (Å²) in [7, 11) is 0. The summed E-state index contributed by atoms with van der Waals surface area (Å²) in [6.45, 7) is 1.92. The Balaban J connectivity index is 2.09. The first kappa shape index (κ1) is 14.3. The van der Waals surface area contributed by atoms with Gasteiger partial charge < -0.3 is 9.26 Å². The van der Waals surface area contributed by atoms with Crippen LogP contribution in [-0.4, -0.2) is 27.3 Å². The predicted octanol–water partition coefficient (Wildman–Crippen LogP) is 3.18. The van der Waals surface area contributed by atoms with E-state index in [4.69, 9.17) is 9.26 Å². The van der Waals surface area contributed by atoms with Crippen molar-refractivity contribution in [3.63, 3.8) is 0 Å². The van der Waals surface area contributed by atoms with Crippen LogP contribution in [-0.2, 0) is 4.74 Å². The molecule has 0 bridgehead atoms. The Morgan fingerprint density at radius 3 is 2.95 bits per heavy atom. The zero-order chi connectivity index (χ0) is 15.5. The van der Waals surface area contributed by atoms with Crippen molar-refractivity contribution in [1.82, 2.24) is 14.7 Å². The maximum absolute atomic E-state index is 14.0. The molecule has 0 saturated heterocycles. The van der Waals surface area contributed by atoms with E-state index in [0.717, 1.165) is 11.5 Å². The average Bonchev–Trinajstić information content (AvgIpc) is 3.16. The summed E-state index contributed by atoms with van der Waals surface area (Å²) in [6.07, 6.45) is 1.33. The Morgan fingerprint density at radius 1 is 1.36 bits per heavy atom. The second-order valence-electron chi connectivity index (χ2n) is 4.23. The van der Waals surface area contributed by atoms with Crippen molar-refractivity contribution in [2.24, 2.45) is 0 Å². The molecule has 2 heterocycles. The highest BCUT2D eigenvalue weighted by Gasteiger charge is 2.24. The molecule has 3 aromatic rings. The number of hydrogen-bond donors (Lipinski definition) is 0. The van der Waals surface area contributed by atoms with Gasteiger partial charge in [-0.1, -0.05) is 21.8 Å². The van der Waals surface area contributed by atoms with Gasteiger partial charge in [-0.3, -0.25) is 0 Å². The molecule has 0 unspecified atom stereocenters. The highest BCUT2D eigenvalue weighted by molar-refractivity contribution is 7.09. The van der Waals surface area contributed by atoms with Crippen LogP contribution in [0, 0.1) is 5.82 Å². The fourth-order valence-corrected chi connectivity index (χ4v) is 2.60. The lowest BCUT2D eigenvalue weighted by Crippen LogP contribution is -2.06. The highest BCUT2D eigenvalue weighted by atomic mass is 32.1. The molecule has 3 rings (SSSR count).